The van der Waals surface area contributed by atoms with Crippen LogP contribution in [0.25, 0.3) is 10.9 Å². The van der Waals surface area contributed by atoms with Gasteiger partial charge >= 0.3 is 0 Å². The summed E-state index contributed by atoms with van der Waals surface area (Å²) in [5, 5.41) is 1.13. The van der Waals surface area contributed by atoms with Crippen LogP contribution < -0.4 is 4.74 Å². The molecular weight excluding hydrogens is 517 g/mol. The van der Waals surface area contributed by atoms with E-state index in [9.17, 15) is 14.0 Å². The first kappa shape index (κ1) is 29.8. The highest BCUT2D eigenvalue weighted by atomic mass is 19.1. The smallest absolute Gasteiger partial charge is 0.254 e. The van der Waals surface area contributed by atoms with E-state index >= 15 is 0 Å². The molecule has 0 aliphatic carbocycles. The number of nitrogens with one attached hydrogen (secondary N) is 1. The minimum atomic E-state index is -0.319. The van der Waals surface area contributed by atoms with Gasteiger partial charge in [-0.15, -0.1) is 0 Å². The molecule has 2 amide bonds. The van der Waals surface area contributed by atoms with Crippen LogP contribution in [0.2, 0.25) is 0 Å². The van der Waals surface area contributed by atoms with E-state index < -0.39 is 0 Å². The lowest BCUT2D eigenvalue weighted by Gasteiger charge is -2.29. The lowest BCUT2D eigenvalue weighted by molar-refractivity contribution is -0.132. The van der Waals surface area contributed by atoms with E-state index in [0.29, 0.717) is 38.2 Å². The molecule has 0 aliphatic heterocycles. The van der Waals surface area contributed by atoms with Crippen molar-refractivity contribution < 1.29 is 18.7 Å². The molecule has 6 nitrogen and oxygen atoms in total. The predicted molar refractivity (Wildman–Crippen MR) is 161 cm³/mol. The van der Waals surface area contributed by atoms with Gasteiger partial charge in [0.1, 0.15) is 18.1 Å². The zero-order chi connectivity index (χ0) is 29.2. The number of aromatic nitrogens is 1. The van der Waals surface area contributed by atoms with E-state index in [2.05, 4.69) is 18.0 Å². The molecule has 0 atom stereocenters. The highest BCUT2D eigenvalue weighted by Gasteiger charge is 2.24. The zero-order valence-corrected chi connectivity index (χ0v) is 24.2. The van der Waals surface area contributed by atoms with Gasteiger partial charge in [-0.3, -0.25) is 9.59 Å². The van der Waals surface area contributed by atoms with Gasteiger partial charge in [0.2, 0.25) is 5.91 Å². The third-order valence-corrected chi connectivity index (χ3v) is 7.03. The van der Waals surface area contributed by atoms with Crippen LogP contribution >= 0.6 is 0 Å². The van der Waals surface area contributed by atoms with Crippen LogP contribution in [0.15, 0.2) is 79.0 Å². The SMILES string of the molecule is CCCCOc1ccc(C(=O)N(CC(=O)N(CCc2c[nH]c3ccccc23)Cc2ccc(F)cc2)CC(C)C)cc1. The molecule has 0 radical (unpaired) electrons. The molecule has 4 aromatic rings. The number of ether oxygens (including phenoxy) is 1. The molecule has 0 fully saturated rings. The number of carbonyl (C=O) groups is 2. The van der Waals surface area contributed by atoms with Gasteiger partial charge in [-0.05, 0) is 72.4 Å². The van der Waals surface area contributed by atoms with Gasteiger partial charge in [-0.25, -0.2) is 4.39 Å². The normalized spacial score (nSPS) is 11.1. The lowest BCUT2D eigenvalue weighted by atomic mass is 10.1. The topological polar surface area (TPSA) is 65.6 Å². The van der Waals surface area contributed by atoms with E-state index in [1.54, 1.807) is 46.2 Å². The molecule has 0 unspecified atom stereocenters. The van der Waals surface area contributed by atoms with Crippen molar-refractivity contribution in [2.75, 3.05) is 26.2 Å². The van der Waals surface area contributed by atoms with Gasteiger partial charge in [0.15, 0.2) is 0 Å². The van der Waals surface area contributed by atoms with Crippen molar-refractivity contribution in [3.8, 4) is 5.75 Å². The predicted octanol–water partition coefficient (Wildman–Crippen LogP) is 6.86. The summed E-state index contributed by atoms with van der Waals surface area (Å²) in [5.41, 5.74) is 3.52. The molecule has 0 aliphatic rings. The number of fused-ring (bicyclic) bond motifs is 1. The van der Waals surface area contributed by atoms with Crippen molar-refractivity contribution >= 4 is 22.7 Å². The number of carbonyl (C=O) groups excluding carboxylic acids is 2. The fourth-order valence-corrected chi connectivity index (χ4v) is 4.83. The Hall–Kier alpha value is -4.13. The second-order valence-electron chi connectivity index (χ2n) is 10.9. The monoisotopic (exact) mass is 557 g/mol. The Morgan fingerprint density at radius 2 is 1.68 bits per heavy atom. The molecule has 1 aromatic heterocycles. The molecule has 0 saturated heterocycles. The van der Waals surface area contributed by atoms with Crippen LogP contribution in [0.4, 0.5) is 4.39 Å². The summed E-state index contributed by atoms with van der Waals surface area (Å²) in [4.78, 5) is 34.0. The highest BCUT2D eigenvalue weighted by molar-refractivity contribution is 5.96. The van der Waals surface area contributed by atoms with Crippen molar-refractivity contribution in [2.24, 2.45) is 5.92 Å². The average molecular weight is 558 g/mol. The number of hydrogen-bond donors (Lipinski definition) is 1. The number of rotatable bonds is 14. The van der Waals surface area contributed by atoms with Crippen LogP contribution in [0.3, 0.4) is 0 Å². The molecule has 4 rings (SSSR count). The number of H-pyrrole nitrogens is 1. The zero-order valence-electron chi connectivity index (χ0n) is 24.2. The van der Waals surface area contributed by atoms with Gasteiger partial charge < -0.3 is 19.5 Å². The number of halogens is 1. The standard InChI is InChI=1S/C34H40FN3O3/c1-4-5-20-41-30-16-12-27(13-17-30)34(40)38(22-25(2)3)24-33(39)37(23-26-10-14-29(35)15-11-26)19-18-28-21-36-32-9-7-6-8-31(28)32/h6-17,21,25,36H,4-5,18-20,22-24H2,1-3H3. The quantitative estimate of drug-likeness (QED) is 0.172. The van der Waals surface area contributed by atoms with E-state index in [1.165, 1.54) is 12.1 Å². The molecule has 0 bridgehead atoms. The van der Waals surface area contributed by atoms with Gasteiger partial charge in [0.25, 0.3) is 5.91 Å². The van der Waals surface area contributed by atoms with Gasteiger partial charge in [0, 0.05) is 42.3 Å². The third-order valence-electron chi connectivity index (χ3n) is 7.03. The van der Waals surface area contributed by atoms with E-state index in [0.717, 1.165) is 40.6 Å². The van der Waals surface area contributed by atoms with Crippen LogP contribution in [0, 0.1) is 11.7 Å². The Labute approximate surface area is 242 Å². The summed E-state index contributed by atoms with van der Waals surface area (Å²) in [6.45, 7) is 8.01. The van der Waals surface area contributed by atoms with Crippen molar-refractivity contribution in [1.29, 1.82) is 0 Å². The molecular formula is C34H40FN3O3. The molecule has 216 valence electrons. The Kier molecular flexibility index (Phi) is 10.5. The summed E-state index contributed by atoms with van der Waals surface area (Å²) in [5.74, 6) is 0.249. The van der Waals surface area contributed by atoms with Crippen molar-refractivity contribution in [3.63, 3.8) is 0 Å². The van der Waals surface area contributed by atoms with E-state index in [1.807, 2.05) is 38.2 Å². The van der Waals surface area contributed by atoms with E-state index in [-0.39, 0.29) is 30.1 Å². The number of benzene rings is 3. The fourth-order valence-electron chi connectivity index (χ4n) is 4.83. The van der Waals surface area contributed by atoms with Crippen LogP contribution in [0.5, 0.6) is 5.75 Å². The van der Waals surface area contributed by atoms with Crippen LogP contribution in [0.1, 0.15) is 55.1 Å². The maximum absolute atomic E-state index is 13.8. The van der Waals surface area contributed by atoms with Crippen molar-refractivity contribution in [2.45, 2.75) is 46.6 Å². The lowest BCUT2D eigenvalue weighted by Crippen LogP contribution is -2.44. The van der Waals surface area contributed by atoms with Gasteiger partial charge in [0.05, 0.1) is 6.61 Å². The number of nitrogens with zero attached hydrogens (tertiary/aromatic N) is 2. The number of para-hydroxylation sites is 1. The molecule has 3 aromatic carbocycles. The molecule has 1 heterocycles. The molecule has 41 heavy (non-hydrogen) atoms. The first-order valence-electron chi connectivity index (χ1n) is 14.4. The molecule has 1 N–H and O–H groups in total. The maximum atomic E-state index is 13.8. The second kappa shape index (κ2) is 14.5. The minimum absolute atomic E-state index is 0.0408. The van der Waals surface area contributed by atoms with Crippen LogP contribution in [-0.4, -0.2) is 52.8 Å². The maximum Gasteiger partial charge on any atom is 0.254 e. The first-order valence-corrected chi connectivity index (χ1v) is 14.4. The number of hydrogen-bond acceptors (Lipinski definition) is 3. The second-order valence-corrected chi connectivity index (χ2v) is 10.9. The molecule has 7 heteroatoms. The van der Waals surface area contributed by atoms with Crippen LogP contribution in [-0.2, 0) is 17.8 Å². The fraction of sp³-hybridized carbons (Fsp3) is 0.353. The summed E-state index contributed by atoms with van der Waals surface area (Å²) in [6.07, 6.45) is 4.65. The average Bonchev–Trinajstić information content (AvgIpc) is 3.39. The molecule has 0 spiro atoms. The molecule has 0 saturated carbocycles. The Bertz CT molecular complexity index is 1410. The van der Waals surface area contributed by atoms with E-state index in [4.69, 9.17) is 4.74 Å². The number of unbranched alkanes of at least 4 members (excludes halogenated alkanes) is 1. The summed E-state index contributed by atoms with van der Waals surface area (Å²) < 4.78 is 19.3. The summed E-state index contributed by atoms with van der Waals surface area (Å²) >= 11 is 0. The Morgan fingerprint density at radius 3 is 2.39 bits per heavy atom. The Balaban J connectivity index is 1.50. The number of aromatic amines is 1. The highest BCUT2D eigenvalue weighted by Crippen LogP contribution is 2.20. The van der Waals surface area contributed by atoms with Gasteiger partial charge in [-0.2, -0.15) is 0 Å². The van der Waals surface area contributed by atoms with Gasteiger partial charge in [-0.1, -0.05) is 57.5 Å². The Morgan fingerprint density at radius 1 is 0.951 bits per heavy atom. The third kappa shape index (κ3) is 8.43. The summed E-state index contributed by atoms with van der Waals surface area (Å²) in [7, 11) is 0. The summed E-state index contributed by atoms with van der Waals surface area (Å²) in [6, 6.07) is 21.4. The minimum Gasteiger partial charge on any atom is -0.494 e. The van der Waals surface area contributed by atoms with Crippen molar-refractivity contribution in [1.82, 2.24) is 14.8 Å². The largest absolute Gasteiger partial charge is 0.494 e. The number of amides is 2. The first-order chi connectivity index (χ1) is 19.8. The van der Waals surface area contributed by atoms with Crippen molar-refractivity contribution in [3.05, 3.63) is 102 Å².